The summed E-state index contributed by atoms with van der Waals surface area (Å²) in [6, 6.07) is 0. The number of carbonyl (C=O) groups is 1. The van der Waals surface area contributed by atoms with Crippen LogP contribution in [-0.4, -0.2) is 44.4 Å². The monoisotopic (exact) mass is 155 g/mol. The Bertz CT molecular complexity index is 175. The molecule has 0 radical (unpaired) electrons. The molecule has 0 aromatic heterocycles. The van der Waals surface area contributed by atoms with Crippen molar-refractivity contribution in [2.24, 2.45) is 0 Å². The van der Waals surface area contributed by atoms with Gasteiger partial charge in [0, 0.05) is 6.54 Å². The highest BCUT2D eigenvalue weighted by molar-refractivity contribution is 6.13. The summed E-state index contributed by atoms with van der Waals surface area (Å²) in [5.41, 5.74) is 0. The van der Waals surface area contributed by atoms with Gasteiger partial charge < -0.3 is 14.9 Å². The second kappa shape index (κ2) is 3.27. The first-order valence-electron chi connectivity index (χ1n) is 3.38. The molecule has 0 aromatic rings. The minimum Gasteiger partial charge on any atom is -0.443 e. The zero-order chi connectivity index (χ0) is 8.27. The van der Waals surface area contributed by atoms with E-state index in [1.54, 1.807) is 7.98 Å². The van der Waals surface area contributed by atoms with E-state index in [0.717, 1.165) is 6.34 Å². The van der Waals surface area contributed by atoms with Gasteiger partial charge in [0.1, 0.15) is 6.10 Å². The molecule has 0 unspecified atom stereocenters. The van der Waals surface area contributed by atoms with Gasteiger partial charge in [-0.1, -0.05) is 0 Å². The van der Waals surface area contributed by atoms with E-state index in [1.165, 1.54) is 4.81 Å². The fourth-order valence-corrected chi connectivity index (χ4v) is 0.946. The number of carbonyl (C=O) groups excluding carboxylic acids is 1. The van der Waals surface area contributed by atoms with Gasteiger partial charge in [0.2, 0.25) is 7.98 Å². The normalized spacial score (nSPS) is 23.1. The maximum Gasteiger partial charge on any atom is 0.397 e. The summed E-state index contributed by atoms with van der Waals surface area (Å²) < 4.78 is 4.90. The van der Waals surface area contributed by atoms with Crippen LogP contribution in [0, 0.1) is 5.41 Å². The van der Waals surface area contributed by atoms with Crippen molar-refractivity contribution < 1.29 is 9.53 Å². The zero-order valence-corrected chi connectivity index (χ0v) is 6.33. The summed E-state index contributed by atoms with van der Waals surface area (Å²) >= 11 is 0. The van der Waals surface area contributed by atoms with Crippen LogP contribution in [0.15, 0.2) is 0 Å². The van der Waals surface area contributed by atoms with Crippen molar-refractivity contribution in [3.8, 4) is 0 Å². The van der Waals surface area contributed by atoms with E-state index in [2.05, 4.69) is 5.32 Å². The molecule has 1 fully saturated rings. The first kappa shape index (κ1) is 7.91. The smallest absolute Gasteiger partial charge is 0.397 e. The Labute approximate surface area is 65.6 Å². The van der Waals surface area contributed by atoms with E-state index < -0.39 is 0 Å². The molecule has 5 nitrogen and oxygen atoms in total. The standard InChI is InChI=1S/C5H10BN3O2/c6-9-2-4(1-8-3-7)11-5(9)10/h3-4H,1-2,6H2,(H2,7,8)/t4-/m0/s1. The Balaban J connectivity index is 2.29. The lowest BCUT2D eigenvalue weighted by Gasteiger charge is -2.05. The van der Waals surface area contributed by atoms with Crippen LogP contribution in [0.4, 0.5) is 4.79 Å². The van der Waals surface area contributed by atoms with Crippen molar-refractivity contribution >= 4 is 20.4 Å². The molecule has 1 heterocycles. The van der Waals surface area contributed by atoms with E-state index >= 15 is 0 Å². The van der Waals surface area contributed by atoms with Crippen LogP contribution in [0.1, 0.15) is 0 Å². The molecule has 1 aliphatic rings. The Hall–Kier alpha value is -1.20. The molecule has 1 rings (SSSR count). The van der Waals surface area contributed by atoms with Gasteiger partial charge >= 0.3 is 6.09 Å². The summed E-state index contributed by atoms with van der Waals surface area (Å²) in [7, 11) is 1.69. The molecule has 60 valence electrons. The molecular formula is C5H10BN3O2. The van der Waals surface area contributed by atoms with Crippen LogP contribution in [0.5, 0.6) is 0 Å². The lowest BCUT2D eigenvalue weighted by molar-refractivity contribution is 0.138. The van der Waals surface area contributed by atoms with Gasteiger partial charge in [0.05, 0.1) is 12.9 Å². The molecule has 0 aromatic carbocycles. The molecule has 0 aliphatic carbocycles. The summed E-state index contributed by atoms with van der Waals surface area (Å²) in [5, 5.41) is 9.35. The number of hydrogen-bond acceptors (Lipinski definition) is 3. The van der Waals surface area contributed by atoms with E-state index in [4.69, 9.17) is 10.1 Å². The molecule has 0 bridgehead atoms. The molecule has 6 heteroatoms. The highest BCUT2D eigenvalue weighted by Gasteiger charge is 2.26. The molecule has 1 atom stereocenters. The first-order valence-corrected chi connectivity index (χ1v) is 3.38. The van der Waals surface area contributed by atoms with Gasteiger partial charge in [-0.3, -0.25) is 5.41 Å². The maximum atomic E-state index is 10.8. The second-order valence-electron chi connectivity index (χ2n) is 2.44. The minimum absolute atomic E-state index is 0.117. The van der Waals surface area contributed by atoms with Crippen LogP contribution in [0.3, 0.4) is 0 Å². The number of rotatable bonds is 3. The van der Waals surface area contributed by atoms with Crippen LogP contribution in [0.2, 0.25) is 0 Å². The highest BCUT2D eigenvalue weighted by atomic mass is 16.6. The number of ether oxygens (including phenoxy) is 1. The van der Waals surface area contributed by atoms with Crippen molar-refractivity contribution in [3.63, 3.8) is 0 Å². The Morgan fingerprint density at radius 1 is 2.00 bits per heavy atom. The van der Waals surface area contributed by atoms with E-state index in [-0.39, 0.29) is 12.2 Å². The van der Waals surface area contributed by atoms with Crippen molar-refractivity contribution in [1.82, 2.24) is 10.1 Å². The van der Waals surface area contributed by atoms with Crippen LogP contribution >= 0.6 is 0 Å². The zero-order valence-electron chi connectivity index (χ0n) is 6.33. The number of hydrogen-bond donors (Lipinski definition) is 2. The van der Waals surface area contributed by atoms with Crippen molar-refractivity contribution in [3.05, 3.63) is 0 Å². The Kier molecular flexibility index (Phi) is 2.35. The summed E-state index contributed by atoms with van der Waals surface area (Å²) in [4.78, 5) is 12.3. The second-order valence-corrected chi connectivity index (χ2v) is 2.44. The number of nitrogens with one attached hydrogen (secondary N) is 2. The topological polar surface area (TPSA) is 65.4 Å². The lowest BCUT2D eigenvalue weighted by Crippen LogP contribution is -2.29. The third-order valence-electron chi connectivity index (χ3n) is 1.50. The third kappa shape index (κ3) is 1.86. The van der Waals surface area contributed by atoms with Crippen molar-refractivity contribution in [2.45, 2.75) is 6.10 Å². The van der Waals surface area contributed by atoms with Gasteiger partial charge in [-0.05, 0) is 0 Å². The molecule has 0 spiro atoms. The fourth-order valence-electron chi connectivity index (χ4n) is 0.946. The number of amides is 1. The highest BCUT2D eigenvalue weighted by Crippen LogP contribution is 2.06. The van der Waals surface area contributed by atoms with Gasteiger partial charge in [0.15, 0.2) is 0 Å². The average molecular weight is 155 g/mol. The van der Waals surface area contributed by atoms with Gasteiger partial charge in [-0.25, -0.2) is 4.79 Å². The third-order valence-corrected chi connectivity index (χ3v) is 1.50. The Morgan fingerprint density at radius 2 is 2.73 bits per heavy atom. The molecule has 1 aliphatic heterocycles. The summed E-state index contributed by atoms with van der Waals surface area (Å²) in [5.74, 6) is 0. The van der Waals surface area contributed by atoms with Gasteiger partial charge in [-0.15, -0.1) is 0 Å². The first-order chi connectivity index (χ1) is 5.24. The lowest BCUT2D eigenvalue weighted by atomic mass is 10.3. The summed E-state index contributed by atoms with van der Waals surface area (Å²) in [6.45, 7) is 1.11. The molecule has 2 N–H and O–H groups in total. The maximum absolute atomic E-state index is 10.8. The number of nitrogens with zero attached hydrogens (tertiary/aromatic N) is 1. The number of cyclic esters (lactones) is 1. The van der Waals surface area contributed by atoms with Gasteiger partial charge in [-0.2, -0.15) is 0 Å². The molecule has 1 amide bonds. The van der Waals surface area contributed by atoms with Crippen LogP contribution < -0.4 is 5.32 Å². The van der Waals surface area contributed by atoms with Crippen molar-refractivity contribution in [2.75, 3.05) is 13.1 Å². The fraction of sp³-hybridized carbons (Fsp3) is 0.600. The Morgan fingerprint density at radius 3 is 3.18 bits per heavy atom. The predicted molar refractivity (Wildman–Crippen MR) is 42.3 cm³/mol. The van der Waals surface area contributed by atoms with Crippen LogP contribution in [0.25, 0.3) is 0 Å². The average Bonchev–Trinajstić information content (AvgIpc) is 2.28. The van der Waals surface area contributed by atoms with E-state index in [0.29, 0.717) is 13.1 Å². The predicted octanol–water partition coefficient (Wildman–Crippen LogP) is -1.45. The molecule has 0 saturated carbocycles. The quantitative estimate of drug-likeness (QED) is 0.297. The van der Waals surface area contributed by atoms with E-state index in [9.17, 15) is 4.79 Å². The molecule has 1 saturated heterocycles. The molecular weight excluding hydrogens is 145 g/mol. The SMILES string of the molecule is BN1C[C@H](CNC=N)OC1=O. The summed E-state index contributed by atoms with van der Waals surface area (Å²) in [6.07, 6.45) is 0.683. The largest absolute Gasteiger partial charge is 0.443 e. The van der Waals surface area contributed by atoms with Crippen molar-refractivity contribution in [1.29, 1.82) is 5.41 Å². The minimum atomic E-state index is -0.290. The molecule has 11 heavy (non-hydrogen) atoms. The van der Waals surface area contributed by atoms with Crippen LogP contribution in [-0.2, 0) is 4.74 Å². The van der Waals surface area contributed by atoms with Gasteiger partial charge in [0.25, 0.3) is 0 Å². The van der Waals surface area contributed by atoms with E-state index in [1.807, 2.05) is 0 Å².